The number of carbonyl (C=O) groups excluding carboxylic acids is 1. The van der Waals surface area contributed by atoms with E-state index in [1.165, 1.54) is 5.56 Å². The maximum atomic E-state index is 12.8. The number of halogens is 1. The van der Waals surface area contributed by atoms with Gasteiger partial charge in [0.15, 0.2) is 0 Å². The average Bonchev–Trinajstić information content (AvgIpc) is 3.36. The normalized spacial score (nSPS) is 22.2. The second-order valence-electron chi connectivity index (χ2n) is 7.21. The number of ether oxygens (including phenoxy) is 2. The molecule has 5 nitrogen and oxygen atoms in total. The van der Waals surface area contributed by atoms with Gasteiger partial charge in [0.2, 0.25) is 5.88 Å². The van der Waals surface area contributed by atoms with Crippen molar-refractivity contribution in [2.75, 3.05) is 26.3 Å². The predicted octanol–water partition coefficient (Wildman–Crippen LogP) is 3.61. The predicted molar refractivity (Wildman–Crippen MR) is 103 cm³/mol. The van der Waals surface area contributed by atoms with Gasteiger partial charge in [-0.15, -0.1) is 0 Å². The highest BCUT2D eigenvalue weighted by molar-refractivity contribution is 6.32. The quantitative estimate of drug-likeness (QED) is 0.787. The van der Waals surface area contributed by atoms with E-state index in [1.807, 2.05) is 11.0 Å². The number of rotatable bonds is 5. The highest BCUT2D eigenvalue weighted by Crippen LogP contribution is 2.27. The molecule has 2 atom stereocenters. The lowest BCUT2D eigenvalue weighted by atomic mass is 9.99. The van der Waals surface area contributed by atoms with Crippen molar-refractivity contribution < 1.29 is 14.3 Å². The first-order chi connectivity index (χ1) is 13.2. The van der Waals surface area contributed by atoms with E-state index in [2.05, 4.69) is 29.2 Å². The van der Waals surface area contributed by atoms with Crippen LogP contribution < -0.4 is 4.74 Å². The number of nitrogens with zero attached hydrogens (tertiary/aromatic N) is 2. The summed E-state index contributed by atoms with van der Waals surface area (Å²) >= 11 is 6.30. The third kappa shape index (κ3) is 4.42. The van der Waals surface area contributed by atoms with E-state index in [-0.39, 0.29) is 12.0 Å². The second kappa shape index (κ2) is 8.28. The van der Waals surface area contributed by atoms with Crippen LogP contribution in [0.4, 0.5) is 0 Å². The van der Waals surface area contributed by atoms with Crippen molar-refractivity contribution in [2.45, 2.75) is 25.4 Å². The topological polar surface area (TPSA) is 51.7 Å². The van der Waals surface area contributed by atoms with Crippen LogP contribution in [0, 0.1) is 5.92 Å². The zero-order chi connectivity index (χ0) is 18.6. The van der Waals surface area contributed by atoms with Crippen molar-refractivity contribution in [3.63, 3.8) is 0 Å². The Labute approximate surface area is 164 Å². The summed E-state index contributed by atoms with van der Waals surface area (Å²) < 4.78 is 11.1. The van der Waals surface area contributed by atoms with Crippen LogP contribution in [0.2, 0.25) is 5.02 Å². The Bertz CT molecular complexity index is 793. The summed E-state index contributed by atoms with van der Waals surface area (Å²) in [5, 5.41) is 0.368. The Morgan fingerprint density at radius 3 is 2.89 bits per heavy atom. The van der Waals surface area contributed by atoms with Gasteiger partial charge in [0.1, 0.15) is 11.1 Å². The third-order valence-electron chi connectivity index (χ3n) is 5.16. The smallest absolute Gasteiger partial charge is 0.255 e. The summed E-state index contributed by atoms with van der Waals surface area (Å²) in [6.45, 7) is 2.78. The van der Waals surface area contributed by atoms with Gasteiger partial charge in [0, 0.05) is 25.7 Å². The number of hydrogen-bond acceptors (Lipinski definition) is 4. The van der Waals surface area contributed by atoms with Gasteiger partial charge in [-0.3, -0.25) is 4.79 Å². The Kier molecular flexibility index (Phi) is 5.60. The van der Waals surface area contributed by atoms with E-state index < -0.39 is 0 Å². The fourth-order valence-electron chi connectivity index (χ4n) is 3.71. The molecule has 0 bridgehead atoms. The molecule has 2 aliphatic rings. The molecule has 2 aliphatic heterocycles. The first-order valence-electron chi connectivity index (χ1n) is 9.42. The molecule has 4 rings (SSSR count). The lowest BCUT2D eigenvalue weighted by Gasteiger charge is -2.18. The number of benzene rings is 1. The lowest BCUT2D eigenvalue weighted by Crippen LogP contribution is -2.29. The number of likely N-dealkylation sites (tertiary alicyclic amines) is 1. The van der Waals surface area contributed by atoms with Crippen molar-refractivity contribution in [1.29, 1.82) is 0 Å². The van der Waals surface area contributed by atoms with Crippen LogP contribution in [0.5, 0.6) is 5.88 Å². The summed E-state index contributed by atoms with van der Waals surface area (Å²) in [4.78, 5) is 19.0. The largest absolute Gasteiger partial charge is 0.471 e. The first kappa shape index (κ1) is 18.3. The van der Waals surface area contributed by atoms with Crippen molar-refractivity contribution in [2.24, 2.45) is 5.92 Å². The van der Waals surface area contributed by atoms with E-state index in [1.54, 1.807) is 12.3 Å². The molecule has 2 aromatic rings. The van der Waals surface area contributed by atoms with Crippen LogP contribution >= 0.6 is 11.6 Å². The fraction of sp³-hybridized carbons (Fsp3) is 0.429. The Morgan fingerprint density at radius 2 is 2.15 bits per heavy atom. The third-order valence-corrected chi connectivity index (χ3v) is 5.43. The highest BCUT2D eigenvalue weighted by atomic mass is 35.5. The number of aromatic nitrogens is 1. The molecule has 2 fully saturated rings. The lowest BCUT2D eigenvalue weighted by molar-refractivity contribution is 0.0786. The minimum Gasteiger partial charge on any atom is -0.471 e. The monoisotopic (exact) mass is 386 g/mol. The van der Waals surface area contributed by atoms with E-state index >= 15 is 0 Å². The van der Waals surface area contributed by atoms with Crippen LogP contribution in [-0.4, -0.2) is 48.2 Å². The van der Waals surface area contributed by atoms with Gasteiger partial charge in [-0.25, -0.2) is 4.98 Å². The molecule has 27 heavy (non-hydrogen) atoms. The minimum atomic E-state index is -0.0196. The van der Waals surface area contributed by atoms with Crippen LogP contribution in [0.3, 0.4) is 0 Å². The van der Waals surface area contributed by atoms with E-state index in [9.17, 15) is 4.79 Å². The van der Waals surface area contributed by atoms with Gasteiger partial charge in [0.25, 0.3) is 5.91 Å². The van der Waals surface area contributed by atoms with Crippen LogP contribution in [0.25, 0.3) is 0 Å². The minimum absolute atomic E-state index is 0.0179. The van der Waals surface area contributed by atoms with E-state index in [0.29, 0.717) is 35.6 Å². The summed E-state index contributed by atoms with van der Waals surface area (Å²) in [6, 6.07) is 12.1. The van der Waals surface area contributed by atoms with E-state index in [0.717, 1.165) is 32.4 Å². The fourth-order valence-corrected chi connectivity index (χ4v) is 3.92. The Hall–Kier alpha value is -2.11. The zero-order valence-corrected chi connectivity index (χ0v) is 15.9. The molecule has 1 aromatic heterocycles. The van der Waals surface area contributed by atoms with Gasteiger partial charge >= 0.3 is 0 Å². The molecule has 0 aliphatic carbocycles. The standard InChI is InChI=1S/C21H23ClN2O3/c22-19-11-17(12-23-20(19)27-18-7-9-26-14-18)21(25)24-8-6-16(13-24)10-15-4-2-1-3-5-15/h1-5,11-12,16,18H,6-10,13-14H2. The van der Waals surface area contributed by atoms with Crippen LogP contribution in [0.1, 0.15) is 28.8 Å². The van der Waals surface area contributed by atoms with Gasteiger partial charge in [0.05, 0.1) is 18.8 Å². The van der Waals surface area contributed by atoms with Crippen molar-refractivity contribution >= 4 is 17.5 Å². The van der Waals surface area contributed by atoms with Crippen molar-refractivity contribution in [3.05, 3.63) is 58.7 Å². The first-order valence-corrected chi connectivity index (χ1v) is 9.80. The molecule has 1 aromatic carbocycles. The SMILES string of the molecule is O=C(c1cnc(OC2CCOC2)c(Cl)c1)N1CCC(Cc2ccccc2)C1. The van der Waals surface area contributed by atoms with Gasteiger partial charge < -0.3 is 14.4 Å². The zero-order valence-electron chi connectivity index (χ0n) is 15.1. The molecule has 142 valence electrons. The molecule has 3 heterocycles. The highest BCUT2D eigenvalue weighted by Gasteiger charge is 2.28. The summed E-state index contributed by atoms with van der Waals surface area (Å²) in [5.41, 5.74) is 1.83. The molecule has 0 spiro atoms. The summed E-state index contributed by atoms with van der Waals surface area (Å²) in [7, 11) is 0. The van der Waals surface area contributed by atoms with Crippen LogP contribution in [-0.2, 0) is 11.2 Å². The van der Waals surface area contributed by atoms with E-state index in [4.69, 9.17) is 21.1 Å². The van der Waals surface area contributed by atoms with Gasteiger partial charge in [-0.1, -0.05) is 41.9 Å². The molecule has 6 heteroatoms. The van der Waals surface area contributed by atoms with Crippen molar-refractivity contribution in [1.82, 2.24) is 9.88 Å². The maximum Gasteiger partial charge on any atom is 0.255 e. The Morgan fingerprint density at radius 1 is 1.30 bits per heavy atom. The number of amides is 1. The number of pyridine rings is 1. The molecular weight excluding hydrogens is 364 g/mol. The molecule has 2 unspecified atom stereocenters. The second-order valence-corrected chi connectivity index (χ2v) is 7.62. The maximum absolute atomic E-state index is 12.8. The number of hydrogen-bond donors (Lipinski definition) is 0. The summed E-state index contributed by atoms with van der Waals surface area (Å²) in [6.07, 6.45) is 4.39. The van der Waals surface area contributed by atoms with Crippen molar-refractivity contribution in [3.8, 4) is 5.88 Å². The molecule has 0 radical (unpaired) electrons. The molecule has 1 amide bonds. The van der Waals surface area contributed by atoms with Gasteiger partial charge in [-0.05, 0) is 30.4 Å². The molecule has 0 saturated carbocycles. The van der Waals surface area contributed by atoms with Crippen LogP contribution in [0.15, 0.2) is 42.6 Å². The Balaban J connectivity index is 1.37. The molecule has 2 saturated heterocycles. The molecule has 0 N–H and O–H groups in total. The average molecular weight is 387 g/mol. The van der Waals surface area contributed by atoms with Gasteiger partial charge in [-0.2, -0.15) is 0 Å². The summed E-state index contributed by atoms with van der Waals surface area (Å²) in [5.74, 6) is 0.840. The molecular formula is C21H23ClN2O3. The number of carbonyl (C=O) groups is 1.